The van der Waals surface area contributed by atoms with Crippen LogP contribution in [0.25, 0.3) is 0 Å². The molecule has 1 aliphatic heterocycles. The molecule has 2 N–H and O–H groups in total. The van der Waals surface area contributed by atoms with Gasteiger partial charge in [0.1, 0.15) is 0 Å². The summed E-state index contributed by atoms with van der Waals surface area (Å²) in [5.41, 5.74) is 7.52. The largest absolute Gasteiger partial charge is 0.397 e. The lowest BCUT2D eigenvalue weighted by Crippen LogP contribution is -2.43. The summed E-state index contributed by atoms with van der Waals surface area (Å²) >= 11 is 0. The molecule has 1 aliphatic rings. The topological polar surface area (TPSA) is 45.4 Å². The van der Waals surface area contributed by atoms with Gasteiger partial charge in [0.2, 0.25) is 0 Å². The first-order valence-electron chi connectivity index (χ1n) is 7.32. The van der Waals surface area contributed by atoms with Crippen molar-refractivity contribution >= 4 is 5.69 Å². The third-order valence-corrected chi connectivity index (χ3v) is 4.20. The molecule has 1 aromatic heterocycles. The second kappa shape index (κ2) is 6.87. The number of likely N-dealkylation sites (N-methyl/N-ethyl adjacent to an activating group) is 1. The minimum atomic E-state index is 0.733. The van der Waals surface area contributed by atoms with E-state index in [9.17, 15) is 0 Å². The molecule has 1 saturated heterocycles. The molecule has 106 valence electrons. The average Bonchev–Trinajstić information content (AvgIpc) is 2.46. The van der Waals surface area contributed by atoms with Crippen molar-refractivity contribution in [3.05, 3.63) is 24.0 Å². The maximum absolute atomic E-state index is 5.65. The van der Waals surface area contributed by atoms with E-state index in [1.807, 2.05) is 12.1 Å². The Labute approximate surface area is 116 Å². The SMILES string of the molecule is CCN1CCC(N(C)CCc2ccc(N)cn2)CC1. The highest BCUT2D eigenvalue weighted by Crippen LogP contribution is 2.15. The molecule has 0 saturated carbocycles. The van der Waals surface area contributed by atoms with Gasteiger partial charge in [-0.3, -0.25) is 4.98 Å². The van der Waals surface area contributed by atoms with E-state index in [0.29, 0.717) is 0 Å². The average molecular weight is 262 g/mol. The highest BCUT2D eigenvalue weighted by Gasteiger charge is 2.21. The minimum Gasteiger partial charge on any atom is -0.397 e. The van der Waals surface area contributed by atoms with E-state index in [0.717, 1.165) is 30.4 Å². The molecular formula is C15H26N4. The van der Waals surface area contributed by atoms with Gasteiger partial charge in [-0.15, -0.1) is 0 Å². The van der Waals surface area contributed by atoms with Crippen LogP contribution >= 0.6 is 0 Å². The van der Waals surface area contributed by atoms with Crippen LogP contribution in [0.2, 0.25) is 0 Å². The van der Waals surface area contributed by atoms with Gasteiger partial charge in [-0.05, 0) is 51.7 Å². The molecule has 0 unspecified atom stereocenters. The summed E-state index contributed by atoms with van der Waals surface area (Å²) in [6.07, 6.45) is 5.33. The molecule has 0 radical (unpaired) electrons. The minimum absolute atomic E-state index is 0.733. The van der Waals surface area contributed by atoms with Crippen LogP contribution in [0.4, 0.5) is 5.69 Å². The lowest BCUT2D eigenvalue weighted by Gasteiger charge is -2.36. The Hall–Kier alpha value is -1.13. The smallest absolute Gasteiger partial charge is 0.0501 e. The number of aromatic nitrogens is 1. The number of rotatable bonds is 5. The van der Waals surface area contributed by atoms with Crippen LogP contribution in [0.5, 0.6) is 0 Å². The molecule has 2 rings (SSSR count). The highest BCUT2D eigenvalue weighted by atomic mass is 15.2. The highest BCUT2D eigenvalue weighted by molar-refractivity contribution is 5.34. The summed E-state index contributed by atoms with van der Waals surface area (Å²) in [6.45, 7) is 6.99. The number of nitrogen functional groups attached to an aromatic ring is 1. The van der Waals surface area contributed by atoms with Crippen molar-refractivity contribution in [2.75, 3.05) is 39.0 Å². The number of nitrogens with zero attached hydrogens (tertiary/aromatic N) is 3. The zero-order valence-electron chi connectivity index (χ0n) is 12.2. The molecule has 0 aliphatic carbocycles. The van der Waals surface area contributed by atoms with Crippen molar-refractivity contribution < 1.29 is 0 Å². The van der Waals surface area contributed by atoms with Crippen molar-refractivity contribution in [1.82, 2.24) is 14.8 Å². The van der Waals surface area contributed by atoms with E-state index < -0.39 is 0 Å². The Kier molecular flexibility index (Phi) is 5.16. The van der Waals surface area contributed by atoms with Crippen molar-refractivity contribution in [3.63, 3.8) is 0 Å². The number of piperidine rings is 1. The van der Waals surface area contributed by atoms with E-state index in [1.165, 1.54) is 32.5 Å². The molecule has 0 bridgehead atoms. The molecule has 1 fully saturated rings. The number of pyridine rings is 1. The Morgan fingerprint density at radius 1 is 1.37 bits per heavy atom. The summed E-state index contributed by atoms with van der Waals surface area (Å²) in [4.78, 5) is 9.39. The summed E-state index contributed by atoms with van der Waals surface area (Å²) in [7, 11) is 2.24. The molecule has 0 spiro atoms. The Bertz CT molecular complexity index is 368. The third-order valence-electron chi connectivity index (χ3n) is 4.20. The van der Waals surface area contributed by atoms with Gasteiger partial charge in [-0.2, -0.15) is 0 Å². The first-order valence-corrected chi connectivity index (χ1v) is 7.32. The molecule has 19 heavy (non-hydrogen) atoms. The van der Waals surface area contributed by atoms with Gasteiger partial charge in [0.15, 0.2) is 0 Å². The molecule has 4 nitrogen and oxygen atoms in total. The predicted octanol–water partition coefficient (Wildman–Crippen LogP) is 1.62. The van der Waals surface area contributed by atoms with E-state index >= 15 is 0 Å². The Morgan fingerprint density at radius 2 is 2.11 bits per heavy atom. The number of anilines is 1. The number of hydrogen-bond acceptors (Lipinski definition) is 4. The summed E-state index contributed by atoms with van der Waals surface area (Å²) in [5.74, 6) is 0. The van der Waals surface area contributed by atoms with Crippen molar-refractivity contribution in [2.24, 2.45) is 0 Å². The molecule has 0 amide bonds. The second-order valence-corrected chi connectivity index (χ2v) is 5.48. The van der Waals surface area contributed by atoms with E-state index in [4.69, 9.17) is 5.73 Å². The molecule has 0 aromatic carbocycles. The summed E-state index contributed by atoms with van der Waals surface area (Å²) in [6, 6.07) is 4.70. The van der Waals surface area contributed by atoms with Gasteiger partial charge in [0, 0.05) is 24.7 Å². The van der Waals surface area contributed by atoms with E-state index in [-0.39, 0.29) is 0 Å². The fraction of sp³-hybridized carbons (Fsp3) is 0.667. The lowest BCUT2D eigenvalue weighted by molar-refractivity contribution is 0.132. The monoisotopic (exact) mass is 262 g/mol. The van der Waals surface area contributed by atoms with Crippen LogP contribution < -0.4 is 5.73 Å². The zero-order valence-corrected chi connectivity index (χ0v) is 12.2. The normalized spacial score (nSPS) is 18.1. The van der Waals surface area contributed by atoms with Gasteiger partial charge in [0.25, 0.3) is 0 Å². The quantitative estimate of drug-likeness (QED) is 0.876. The maximum Gasteiger partial charge on any atom is 0.0501 e. The van der Waals surface area contributed by atoms with Gasteiger partial charge in [-0.1, -0.05) is 6.92 Å². The molecular weight excluding hydrogens is 236 g/mol. The standard InChI is InChI=1S/C15H26N4/c1-3-19-10-7-15(8-11-19)18(2)9-6-14-5-4-13(16)12-17-14/h4-5,12,15H,3,6-11,16H2,1-2H3. The Balaban J connectivity index is 1.75. The van der Waals surface area contributed by atoms with E-state index in [1.54, 1.807) is 6.20 Å². The zero-order chi connectivity index (χ0) is 13.7. The van der Waals surface area contributed by atoms with Crippen LogP contribution in [0, 0.1) is 0 Å². The third kappa shape index (κ3) is 4.18. The molecule has 4 heteroatoms. The van der Waals surface area contributed by atoms with E-state index in [2.05, 4.69) is 28.8 Å². The number of likely N-dealkylation sites (tertiary alicyclic amines) is 1. The van der Waals surface area contributed by atoms with Crippen LogP contribution in [0.3, 0.4) is 0 Å². The van der Waals surface area contributed by atoms with Crippen molar-refractivity contribution in [1.29, 1.82) is 0 Å². The van der Waals surface area contributed by atoms with Crippen LogP contribution in [0.1, 0.15) is 25.5 Å². The predicted molar refractivity (Wildman–Crippen MR) is 80.1 cm³/mol. The number of nitrogens with two attached hydrogens (primary N) is 1. The Morgan fingerprint density at radius 3 is 2.68 bits per heavy atom. The first-order chi connectivity index (χ1) is 9.19. The molecule has 1 aromatic rings. The fourth-order valence-electron chi connectivity index (χ4n) is 2.73. The lowest BCUT2D eigenvalue weighted by atomic mass is 10.0. The summed E-state index contributed by atoms with van der Waals surface area (Å²) < 4.78 is 0. The van der Waals surface area contributed by atoms with Gasteiger partial charge < -0.3 is 15.5 Å². The van der Waals surface area contributed by atoms with Crippen molar-refractivity contribution in [2.45, 2.75) is 32.2 Å². The van der Waals surface area contributed by atoms with Gasteiger partial charge in [0.05, 0.1) is 11.9 Å². The van der Waals surface area contributed by atoms with Crippen molar-refractivity contribution in [3.8, 4) is 0 Å². The second-order valence-electron chi connectivity index (χ2n) is 5.48. The van der Waals surface area contributed by atoms with Gasteiger partial charge in [-0.25, -0.2) is 0 Å². The fourth-order valence-corrected chi connectivity index (χ4v) is 2.73. The van der Waals surface area contributed by atoms with Gasteiger partial charge >= 0.3 is 0 Å². The maximum atomic E-state index is 5.65. The number of hydrogen-bond donors (Lipinski definition) is 1. The molecule has 0 atom stereocenters. The first kappa shape index (κ1) is 14.3. The van der Waals surface area contributed by atoms with Crippen LogP contribution in [-0.4, -0.2) is 54.1 Å². The summed E-state index contributed by atoms with van der Waals surface area (Å²) in [5, 5.41) is 0. The van der Waals surface area contributed by atoms with Crippen LogP contribution in [0.15, 0.2) is 18.3 Å². The molecule has 2 heterocycles. The van der Waals surface area contributed by atoms with Crippen LogP contribution in [-0.2, 0) is 6.42 Å².